The predicted molar refractivity (Wildman–Crippen MR) is 67.7 cm³/mol. The number of rotatable bonds is 6. The monoisotopic (exact) mass is 270 g/mol. The van der Waals surface area contributed by atoms with Crippen molar-refractivity contribution >= 4 is 23.5 Å². The van der Waals surface area contributed by atoms with Gasteiger partial charge in [0.2, 0.25) is 0 Å². The molecule has 0 aliphatic heterocycles. The first-order chi connectivity index (χ1) is 8.56. The molecule has 0 aliphatic rings. The topological polar surface area (TPSA) is 79.3 Å². The minimum absolute atomic E-state index is 0.203. The summed E-state index contributed by atoms with van der Waals surface area (Å²) < 4.78 is 0. The number of pyridine rings is 1. The van der Waals surface area contributed by atoms with Crippen LogP contribution in [-0.4, -0.2) is 28.0 Å². The number of nitrogens with zero attached hydrogens (tertiary/aromatic N) is 1. The van der Waals surface area contributed by atoms with Gasteiger partial charge in [0.15, 0.2) is 0 Å². The second-order valence-electron chi connectivity index (χ2n) is 3.86. The highest BCUT2D eigenvalue weighted by atomic mass is 35.5. The van der Waals surface area contributed by atoms with Crippen molar-refractivity contribution in [1.29, 1.82) is 0 Å². The summed E-state index contributed by atoms with van der Waals surface area (Å²) in [6.45, 7) is 1.96. The van der Waals surface area contributed by atoms with Gasteiger partial charge in [0.1, 0.15) is 6.04 Å². The number of carbonyl (C=O) groups excluding carboxylic acids is 1. The molecule has 1 aromatic heterocycles. The molecular weight excluding hydrogens is 256 g/mol. The number of nitrogens with one attached hydrogen (secondary N) is 1. The van der Waals surface area contributed by atoms with Crippen LogP contribution in [0.1, 0.15) is 36.5 Å². The first kappa shape index (κ1) is 14.4. The van der Waals surface area contributed by atoms with Gasteiger partial charge < -0.3 is 10.4 Å². The van der Waals surface area contributed by atoms with Gasteiger partial charge in [0, 0.05) is 12.4 Å². The van der Waals surface area contributed by atoms with Gasteiger partial charge in [-0.15, -0.1) is 0 Å². The van der Waals surface area contributed by atoms with Crippen molar-refractivity contribution in [2.75, 3.05) is 0 Å². The van der Waals surface area contributed by atoms with Crippen LogP contribution in [-0.2, 0) is 4.79 Å². The van der Waals surface area contributed by atoms with Crippen molar-refractivity contribution < 1.29 is 14.7 Å². The molecule has 1 rings (SSSR count). The minimum atomic E-state index is -1.04. The lowest BCUT2D eigenvalue weighted by atomic mass is 10.1. The fourth-order valence-corrected chi connectivity index (χ4v) is 1.67. The van der Waals surface area contributed by atoms with Gasteiger partial charge >= 0.3 is 5.97 Å². The standard InChI is InChI=1S/C12H15ClN2O3/c1-2-3-4-10(12(17)18)15-11(16)8-5-6-14-7-9(8)13/h5-7,10H,2-4H2,1H3,(H,15,16)(H,17,18). The molecule has 0 aliphatic carbocycles. The first-order valence-corrected chi connectivity index (χ1v) is 6.07. The largest absolute Gasteiger partial charge is 0.480 e. The van der Waals surface area contributed by atoms with Gasteiger partial charge in [-0.2, -0.15) is 0 Å². The highest BCUT2D eigenvalue weighted by Gasteiger charge is 2.21. The third-order valence-corrected chi connectivity index (χ3v) is 2.77. The lowest BCUT2D eigenvalue weighted by molar-refractivity contribution is -0.139. The summed E-state index contributed by atoms with van der Waals surface area (Å²) in [5, 5.41) is 11.7. The van der Waals surface area contributed by atoms with Crippen molar-refractivity contribution in [2.45, 2.75) is 32.2 Å². The fraction of sp³-hybridized carbons (Fsp3) is 0.417. The number of hydrogen-bond donors (Lipinski definition) is 2. The van der Waals surface area contributed by atoms with Crippen LogP contribution in [0.4, 0.5) is 0 Å². The smallest absolute Gasteiger partial charge is 0.326 e. The van der Waals surface area contributed by atoms with Crippen LogP contribution < -0.4 is 5.32 Å². The lowest BCUT2D eigenvalue weighted by Crippen LogP contribution is -2.40. The molecule has 5 nitrogen and oxygen atoms in total. The molecule has 2 N–H and O–H groups in total. The lowest BCUT2D eigenvalue weighted by Gasteiger charge is -2.14. The summed E-state index contributed by atoms with van der Waals surface area (Å²) in [6, 6.07) is 0.567. The maximum atomic E-state index is 11.9. The van der Waals surface area contributed by atoms with Crippen LogP contribution in [0.3, 0.4) is 0 Å². The Kier molecular flexibility index (Phi) is 5.58. The molecule has 0 aromatic carbocycles. The normalized spacial score (nSPS) is 11.9. The SMILES string of the molecule is CCCCC(NC(=O)c1ccncc1Cl)C(=O)O. The second kappa shape index (κ2) is 6.96. The molecule has 1 aromatic rings. The minimum Gasteiger partial charge on any atom is -0.480 e. The summed E-state index contributed by atoms with van der Waals surface area (Å²) in [7, 11) is 0. The van der Waals surface area contributed by atoms with E-state index < -0.39 is 17.9 Å². The van der Waals surface area contributed by atoms with Crippen LogP contribution >= 0.6 is 11.6 Å². The van der Waals surface area contributed by atoms with Gasteiger partial charge in [0.25, 0.3) is 5.91 Å². The Hall–Kier alpha value is -1.62. The van der Waals surface area contributed by atoms with E-state index in [-0.39, 0.29) is 10.6 Å². The Bertz CT molecular complexity index is 437. The summed E-state index contributed by atoms with van der Waals surface area (Å²) in [5.74, 6) is -1.53. The molecule has 1 amide bonds. The molecule has 1 heterocycles. The van der Waals surface area contributed by atoms with Gasteiger partial charge in [-0.1, -0.05) is 31.4 Å². The van der Waals surface area contributed by atoms with Gasteiger partial charge in [0.05, 0.1) is 10.6 Å². The number of carbonyl (C=O) groups is 2. The third kappa shape index (κ3) is 4.00. The molecule has 0 spiro atoms. The number of carboxylic acid groups (broad SMARTS) is 1. The van der Waals surface area contributed by atoms with Crippen molar-refractivity contribution in [1.82, 2.24) is 10.3 Å². The second-order valence-corrected chi connectivity index (χ2v) is 4.27. The number of aromatic nitrogens is 1. The zero-order valence-corrected chi connectivity index (χ0v) is 10.8. The Morgan fingerprint density at radius 1 is 1.56 bits per heavy atom. The van der Waals surface area contributed by atoms with Crippen molar-refractivity contribution in [3.05, 3.63) is 29.0 Å². The number of carboxylic acids is 1. The summed E-state index contributed by atoms with van der Waals surface area (Å²) in [6.07, 6.45) is 4.79. The van der Waals surface area contributed by atoms with E-state index in [1.165, 1.54) is 18.5 Å². The summed E-state index contributed by atoms with van der Waals surface area (Å²) >= 11 is 5.82. The molecular formula is C12H15ClN2O3. The quantitative estimate of drug-likeness (QED) is 0.830. The number of amides is 1. The van der Waals surface area contributed by atoms with Crippen molar-refractivity contribution in [3.8, 4) is 0 Å². The highest BCUT2D eigenvalue weighted by molar-refractivity contribution is 6.33. The van der Waals surface area contributed by atoms with E-state index >= 15 is 0 Å². The Morgan fingerprint density at radius 3 is 2.83 bits per heavy atom. The molecule has 0 radical (unpaired) electrons. The zero-order chi connectivity index (χ0) is 13.5. The third-order valence-electron chi connectivity index (χ3n) is 2.47. The van der Waals surface area contributed by atoms with E-state index in [2.05, 4.69) is 10.3 Å². The van der Waals surface area contributed by atoms with Crippen molar-refractivity contribution in [2.24, 2.45) is 0 Å². The first-order valence-electron chi connectivity index (χ1n) is 5.69. The number of aliphatic carboxylic acids is 1. The molecule has 0 saturated heterocycles. The number of unbranched alkanes of at least 4 members (excludes halogenated alkanes) is 1. The van der Waals surface area contributed by atoms with Crippen LogP contribution in [0.5, 0.6) is 0 Å². The summed E-state index contributed by atoms with van der Waals surface area (Å²) in [5.41, 5.74) is 0.231. The zero-order valence-electron chi connectivity index (χ0n) is 10.0. The molecule has 0 saturated carbocycles. The fourth-order valence-electron chi connectivity index (χ4n) is 1.46. The predicted octanol–water partition coefficient (Wildman–Crippen LogP) is 2.11. The Labute approximate surface area is 110 Å². The van der Waals surface area contributed by atoms with E-state index in [4.69, 9.17) is 16.7 Å². The van der Waals surface area contributed by atoms with Crippen LogP contribution in [0.25, 0.3) is 0 Å². The Balaban J connectivity index is 2.72. The van der Waals surface area contributed by atoms with E-state index in [0.29, 0.717) is 6.42 Å². The highest BCUT2D eigenvalue weighted by Crippen LogP contribution is 2.13. The molecule has 98 valence electrons. The van der Waals surface area contributed by atoms with Gasteiger partial charge in [-0.3, -0.25) is 9.78 Å². The van der Waals surface area contributed by atoms with Crippen LogP contribution in [0.2, 0.25) is 5.02 Å². The van der Waals surface area contributed by atoms with Gasteiger partial charge in [-0.25, -0.2) is 4.79 Å². The van der Waals surface area contributed by atoms with E-state index in [1.54, 1.807) is 0 Å². The maximum absolute atomic E-state index is 11.9. The maximum Gasteiger partial charge on any atom is 0.326 e. The average Bonchev–Trinajstić information content (AvgIpc) is 2.34. The Morgan fingerprint density at radius 2 is 2.28 bits per heavy atom. The molecule has 0 bridgehead atoms. The molecule has 18 heavy (non-hydrogen) atoms. The summed E-state index contributed by atoms with van der Waals surface area (Å²) in [4.78, 5) is 26.6. The van der Waals surface area contributed by atoms with Crippen molar-refractivity contribution in [3.63, 3.8) is 0 Å². The molecule has 1 atom stereocenters. The van der Waals surface area contributed by atoms with Crippen LogP contribution in [0, 0.1) is 0 Å². The van der Waals surface area contributed by atoms with E-state index in [0.717, 1.165) is 12.8 Å². The number of hydrogen-bond acceptors (Lipinski definition) is 3. The van der Waals surface area contributed by atoms with E-state index in [1.807, 2.05) is 6.92 Å². The number of halogens is 1. The van der Waals surface area contributed by atoms with Crippen LogP contribution in [0.15, 0.2) is 18.5 Å². The van der Waals surface area contributed by atoms with E-state index in [9.17, 15) is 9.59 Å². The molecule has 0 fully saturated rings. The molecule has 1 unspecified atom stereocenters. The molecule has 6 heteroatoms. The average molecular weight is 271 g/mol. The van der Waals surface area contributed by atoms with Gasteiger partial charge in [-0.05, 0) is 12.5 Å².